The Bertz CT molecular complexity index is 862. The highest BCUT2D eigenvalue weighted by Crippen LogP contribution is 2.20. The van der Waals surface area contributed by atoms with Gasteiger partial charge in [-0.1, -0.05) is 0 Å². The second-order valence-electron chi connectivity index (χ2n) is 6.80. The van der Waals surface area contributed by atoms with Crippen LogP contribution in [0.5, 0.6) is 0 Å². The van der Waals surface area contributed by atoms with E-state index in [1.807, 2.05) is 0 Å². The van der Waals surface area contributed by atoms with Crippen LogP contribution >= 0.6 is 0 Å². The molecule has 8 nitrogen and oxygen atoms in total. The first-order valence-electron chi connectivity index (χ1n) is 8.50. The summed E-state index contributed by atoms with van der Waals surface area (Å²) in [6.45, 7) is 6.73. The Hall–Kier alpha value is -2.90. The molecule has 8 heteroatoms. The predicted molar refractivity (Wildman–Crippen MR) is 94.4 cm³/mol. The van der Waals surface area contributed by atoms with Gasteiger partial charge in [-0.15, -0.1) is 0 Å². The third kappa shape index (κ3) is 3.26. The van der Waals surface area contributed by atoms with Crippen LogP contribution in [0.15, 0.2) is 39.7 Å². The van der Waals surface area contributed by atoms with E-state index in [0.717, 1.165) is 0 Å². The molecule has 0 radical (unpaired) electrons. The van der Waals surface area contributed by atoms with Gasteiger partial charge in [0.15, 0.2) is 5.76 Å². The van der Waals surface area contributed by atoms with Crippen molar-refractivity contribution in [2.75, 3.05) is 26.2 Å². The maximum atomic E-state index is 13.0. The van der Waals surface area contributed by atoms with Crippen molar-refractivity contribution in [3.8, 4) is 11.5 Å². The first-order valence-corrected chi connectivity index (χ1v) is 8.50. The van der Waals surface area contributed by atoms with Gasteiger partial charge in [0.1, 0.15) is 11.2 Å². The van der Waals surface area contributed by atoms with E-state index in [1.165, 1.54) is 23.9 Å². The van der Waals surface area contributed by atoms with Gasteiger partial charge in [-0.05, 0) is 32.0 Å². The molecule has 0 unspecified atom stereocenters. The summed E-state index contributed by atoms with van der Waals surface area (Å²) in [5.41, 5.74) is -1.03. The van der Waals surface area contributed by atoms with E-state index in [4.69, 9.17) is 4.42 Å². The molecule has 0 aliphatic carbocycles. The number of carbonyl (C=O) groups is 2. The molecule has 2 amide bonds. The quantitative estimate of drug-likeness (QED) is 0.814. The Morgan fingerprint density at radius 1 is 1.08 bits per heavy atom. The molecule has 0 spiro atoms. The van der Waals surface area contributed by atoms with Crippen molar-refractivity contribution in [1.29, 1.82) is 0 Å². The van der Waals surface area contributed by atoms with E-state index in [9.17, 15) is 14.4 Å². The molecule has 1 fully saturated rings. The summed E-state index contributed by atoms with van der Waals surface area (Å²) in [5.74, 6) is 0.323. The fourth-order valence-corrected chi connectivity index (χ4v) is 3.07. The van der Waals surface area contributed by atoms with Crippen LogP contribution in [0.1, 0.15) is 20.8 Å². The van der Waals surface area contributed by atoms with Crippen LogP contribution in [0.4, 0.5) is 0 Å². The molecule has 3 rings (SSSR count). The van der Waals surface area contributed by atoms with Crippen molar-refractivity contribution in [2.24, 2.45) is 0 Å². The normalized spacial score (nSPS) is 15.2. The lowest BCUT2D eigenvalue weighted by atomic mass is 10.0. The van der Waals surface area contributed by atoms with Gasteiger partial charge in [0, 0.05) is 39.2 Å². The minimum absolute atomic E-state index is 0.000365. The minimum Gasteiger partial charge on any atom is -0.463 e. The van der Waals surface area contributed by atoms with Crippen molar-refractivity contribution >= 4 is 11.8 Å². The average molecular weight is 358 g/mol. The number of rotatable bonds is 3. The number of nitrogens with zero attached hydrogens (tertiary/aromatic N) is 4. The third-order valence-electron chi connectivity index (χ3n) is 4.64. The number of hydrogen-bond acceptors (Lipinski definition) is 5. The largest absolute Gasteiger partial charge is 0.463 e. The van der Waals surface area contributed by atoms with Gasteiger partial charge in [0.05, 0.1) is 6.26 Å². The van der Waals surface area contributed by atoms with Gasteiger partial charge in [-0.3, -0.25) is 14.4 Å². The number of piperazine rings is 1. The molecule has 0 N–H and O–H groups in total. The molecule has 1 aliphatic heterocycles. The molecular weight excluding hydrogens is 336 g/mol. The number of furan rings is 1. The lowest BCUT2D eigenvalue weighted by Crippen LogP contribution is -2.57. The highest BCUT2D eigenvalue weighted by Gasteiger charge is 2.37. The van der Waals surface area contributed by atoms with Crippen LogP contribution in [0.2, 0.25) is 0 Å². The van der Waals surface area contributed by atoms with E-state index in [1.54, 1.807) is 41.8 Å². The molecule has 26 heavy (non-hydrogen) atoms. The Kier molecular flexibility index (Phi) is 4.67. The van der Waals surface area contributed by atoms with E-state index in [0.29, 0.717) is 37.6 Å². The number of aromatic nitrogens is 2. The highest BCUT2D eigenvalue weighted by molar-refractivity contribution is 5.84. The number of amides is 2. The molecule has 2 aromatic heterocycles. The topological polar surface area (TPSA) is 88.7 Å². The zero-order chi connectivity index (χ0) is 18.9. The van der Waals surface area contributed by atoms with Crippen molar-refractivity contribution in [3.63, 3.8) is 0 Å². The lowest BCUT2D eigenvalue weighted by molar-refractivity contribution is -0.144. The second-order valence-corrected chi connectivity index (χ2v) is 6.80. The van der Waals surface area contributed by atoms with Crippen molar-refractivity contribution in [1.82, 2.24) is 19.6 Å². The highest BCUT2D eigenvalue weighted by atomic mass is 16.3. The maximum absolute atomic E-state index is 13.0. The zero-order valence-electron chi connectivity index (χ0n) is 15.1. The molecule has 2 aromatic rings. The molecule has 3 heterocycles. The molecule has 1 aliphatic rings. The van der Waals surface area contributed by atoms with Gasteiger partial charge in [0.25, 0.3) is 5.56 Å². The standard InChI is InChI=1S/C18H22N4O4/c1-13(23)20-8-10-21(11-9-20)17(25)18(2,3)22-16(24)7-6-14(19-22)15-5-4-12-26-15/h4-7,12H,8-11H2,1-3H3. The number of carbonyl (C=O) groups excluding carboxylic acids is 2. The molecule has 138 valence electrons. The van der Waals surface area contributed by atoms with E-state index in [-0.39, 0.29) is 17.4 Å². The smallest absolute Gasteiger partial charge is 0.267 e. The maximum Gasteiger partial charge on any atom is 0.267 e. The van der Waals surface area contributed by atoms with Crippen molar-refractivity contribution in [3.05, 3.63) is 40.9 Å². The molecule has 0 bridgehead atoms. The molecular formula is C18H22N4O4. The molecule has 0 aromatic carbocycles. The average Bonchev–Trinajstić information content (AvgIpc) is 3.16. The van der Waals surface area contributed by atoms with Crippen LogP contribution in [0.3, 0.4) is 0 Å². The molecule has 0 saturated carbocycles. The Balaban J connectivity index is 1.86. The van der Waals surface area contributed by atoms with Gasteiger partial charge >= 0.3 is 0 Å². The van der Waals surface area contributed by atoms with Gasteiger partial charge < -0.3 is 14.2 Å². The monoisotopic (exact) mass is 358 g/mol. The van der Waals surface area contributed by atoms with Gasteiger partial charge in [0.2, 0.25) is 11.8 Å². The van der Waals surface area contributed by atoms with Crippen LogP contribution in [-0.4, -0.2) is 57.6 Å². The van der Waals surface area contributed by atoms with Crippen LogP contribution in [0.25, 0.3) is 11.5 Å². The van der Waals surface area contributed by atoms with Crippen molar-refractivity contribution < 1.29 is 14.0 Å². The summed E-state index contributed by atoms with van der Waals surface area (Å²) in [4.78, 5) is 40.2. The zero-order valence-corrected chi connectivity index (χ0v) is 15.1. The van der Waals surface area contributed by atoms with E-state index >= 15 is 0 Å². The second kappa shape index (κ2) is 6.78. The van der Waals surface area contributed by atoms with E-state index < -0.39 is 5.54 Å². The summed E-state index contributed by atoms with van der Waals surface area (Å²) >= 11 is 0. The summed E-state index contributed by atoms with van der Waals surface area (Å²) in [7, 11) is 0. The summed E-state index contributed by atoms with van der Waals surface area (Å²) in [5, 5.41) is 4.34. The summed E-state index contributed by atoms with van der Waals surface area (Å²) in [6.07, 6.45) is 1.53. The van der Waals surface area contributed by atoms with Crippen LogP contribution in [0, 0.1) is 0 Å². The molecule has 1 saturated heterocycles. The fraction of sp³-hybridized carbons (Fsp3) is 0.444. The van der Waals surface area contributed by atoms with Crippen molar-refractivity contribution in [2.45, 2.75) is 26.3 Å². The Morgan fingerprint density at radius 3 is 2.31 bits per heavy atom. The van der Waals surface area contributed by atoms with Crippen LogP contribution < -0.4 is 5.56 Å². The fourth-order valence-electron chi connectivity index (χ4n) is 3.07. The first-order chi connectivity index (χ1) is 12.3. The SMILES string of the molecule is CC(=O)N1CCN(C(=O)C(C)(C)n2nc(-c3ccco3)ccc2=O)CC1. The predicted octanol–water partition coefficient (Wildman–Crippen LogP) is 0.929. The summed E-state index contributed by atoms with van der Waals surface area (Å²) < 4.78 is 6.53. The summed E-state index contributed by atoms with van der Waals surface area (Å²) in [6, 6.07) is 6.43. The molecule has 0 atom stereocenters. The van der Waals surface area contributed by atoms with Crippen LogP contribution in [-0.2, 0) is 15.1 Å². The van der Waals surface area contributed by atoms with E-state index in [2.05, 4.69) is 5.10 Å². The number of hydrogen-bond donors (Lipinski definition) is 0. The minimum atomic E-state index is -1.15. The third-order valence-corrected chi connectivity index (χ3v) is 4.64. The lowest BCUT2D eigenvalue weighted by Gasteiger charge is -2.38. The van der Waals surface area contributed by atoms with Gasteiger partial charge in [-0.25, -0.2) is 4.68 Å². The Labute approximate surface area is 151 Å². The Morgan fingerprint density at radius 2 is 1.73 bits per heavy atom. The first kappa shape index (κ1) is 17.9. The van der Waals surface area contributed by atoms with Gasteiger partial charge in [-0.2, -0.15) is 5.10 Å².